The highest BCUT2D eigenvalue weighted by Crippen LogP contribution is 2.52. The largest absolute Gasteiger partial charge is 0.324 e. The number of nitrogens with zero attached hydrogens (tertiary/aromatic N) is 1. The Balaban J connectivity index is 1.48. The van der Waals surface area contributed by atoms with Crippen molar-refractivity contribution < 1.29 is 14.4 Å². The number of carbonyl (C=O) groups is 3. The van der Waals surface area contributed by atoms with Gasteiger partial charge in [0.15, 0.2) is 0 Å². The minimum Gasteiger partial charge on any atom is -0.324 e. The molecule has 6 heteroatoms. The third-order valence-corrected chi connectivity index (χ3v) is 5.81. The molecule has 0 aromatic heterocycles. The Morgan fingerprint density at radius 3 is 2.46 bits per heavy atom. The number of imide groups is 1. The predicted molar refractivity (Wildman–Crippen MR) is 89.3 cm³/mol. The van der Waals surface area contributed by atoms with E-state index in [4.69, 9.17) is 11.6 Å². The van der Waals surface area contributed by atoms with Crippen LogP contribution in [0.5, 0.6) is 0 Å². The van der Waals surface area contributed by atoms with Gasteiger partial charge in [0.05, 0.1) is 11.8 Å². The fourth-order valence-corrected chi connectivity index (χ4v) is 4.37. The molecule has 1 heterocycles. The molecule has 4 rings (SSSR count). The summed E-state index contributed by atoms with van der Waals surface area (Å²) >= 11 is 6.04. The van der Waals surface area contributed by atoms with Crippen LogP contribution in [0.25, 0.3) is 0 Å². The number of anilines is 1. The van der Waals surface area contributed by atoms with E-state index in [-0.39, 0.29) is 47.9 Å². The average Bonchev–Trinajstić information content (AvgIpc) is 3.22. The summed E-state index contributed by atoms with van der Waals surface area (Å²) in [6.45, 7) is 1.56. The van der Waals surface area contributed by atoms with Crippen molar-refractivity contribution in [2.45, 2.75) is 13.3 Å². The lowest BCUT2D eigenvalue weighted by Crippen LogP contribution is -2.39. The van der Waals surface area contributed by atoms with Gasteiger partial charge in [-0.1, -0.05) is 29.8 Å². The van der Waals surface area contributed by atoms with Gasteiger partial charge in [0.25, 0.3) is 0 Å². The van der Waals surface area contributed by atoms with Gasteiger partial charge >= 0.3 is 0 Å². The molecule has 2 fully saturated rings. The molecule has 24 heavy (non-hydrogen) atoms. The number of likely N-dealkylation sites (tertiary alicyclic amines) is 1. The quantitative estimate of drug-likeness (QED) is 0.676. The van der Waals surface area contributed by atoms with E-state index in [1.807, 2.05) is 12.2 Å². The minimum atomic E-state index is -0.387. The maximum atomic E-state index is 12.6. The molecule has 0 unspecified atom stereocenters. The number of carbonyl (C=O) groups excluding carboxylic acids is 3. The first-order chi connectivity index (χ1) is 11.5. The Labute approximate surface area is 144 Å². The molecule has 1 saturated carbocycles. The summed E-state index contributed by atoms with van der Waals surface area (Å²) in [6, 6.07) is 5.22. The van der Waals surface area contributed by atoms with E-state index in [2.05, 4.69) is 5.32 Å². The Morgan fingerprint density at radius 2 is 1.83 bits per heavy atom. The molecule has 124 valence electrons. The van der Waals surface area contributed by atoms with Crippen LogP contribution in [0.2, 0.25) is 5.02 Å². The maximum absolute atomic E-state index is 12.6. The Morgan fingerprint density at radius 1 is 1.21 bits per heavy atom. The molecule has 2 bridgehead atoms. The topological polar surface area (TPSA) is 66.5 Å². The fourth-order valence-electron chi connectivity index (χ4n) is 4.20. The maximum Gasteiger partial charge on any atom is 0.244 e. The third-order valence-electron chi connectivity index (χ3n) is 5.41. The Hall–Kier alpha value is -2.14. The molecule has 0 radical (unpaired) electrons. The summed E-state index contributed by atoms with van der Waals surface area (Å²) in [5, 5.41) is 3.29. The molecule has 2 aliphatic carbocycles. The molecule has 1 aromatic rings. The van der Waals surface area contributed by atoms with Gasteiger partial charge < -0.3 is 5.32 Å². The van der Waals surface area contributed by atoms with Crippen molar-refractivity contribution in [3.05, 3.63) is 40.9 Å². The third kappa shape index (κ3) is 2.18. The molecular formula is C18H17ClN2O3. The van der Waals surface area contributed by atoms with Crippen molar-refractivity contribution in [2.24, 2.45) is 23.7 Å². The minimum absolute atomic E-state index is 0.152. The van der Waals surface area contributed by atoms with E-state index in [1.165, 1.54) is 0 Å². The van der Waals surface area contributed by atoms with Crippen LogP contribution in [0.15, 0.2) is 30.4 Å². The number of hydrogen-bond donors (Lipinski definition) is 1. The normalized spacial score (nSPS) is 30.2. The van der Waals surface area contributed by atoms with Gasteiger partial charge in [0, 0.05) is 10.7 Å². The first kappa shape index (κ1) is 15.4. The monoisotopic (exact) mass is 344 g/mol. The fraction of sp³-hybridized carbons (Fsp3) is 0.389. The lowest BCUT2D eigenvalue weighted by atomic mass is 9.85. The SMILES string of the molecule is Cc1c(Cl)cccc1NC(=O)CN1C(=O)[C@H]2[C@H](C1=O)[C@H]1C=C[C@H]2C1. The van der Waals surface area contributed by atoms with Crippen LogP contribution in [-0.4, -0.2) is 29.2 Å². The molecule has 3 aliphatic rings. The smallest absolute Gasteiger partial charge is 0.244 e. The second-order valence-electron chi connectivity index (χ2n) is 6.72. The highest BCUT2D eigenvalue weighted by molar-refractivity contribution is 6.31. The number of hydrogen-bond acceptors (Lipinski definition) is 3. The van der Waals surface area contributed by atoms with Gasteiger partial charge in [-0.05, 0) is 42.9 Å². The standard InChI is InChI=1S/C18H17ClN2O3/c1-9-12(19)3-2-4-13(9)20-14(22)8-21-17(23)15-10-5-6-11(7-10)16(15)18(21)24/h2-6,10-11,15-16H,7-8H2,1H3,(H,20,22)/t10-,11-,15+,16+/m0/s1. The van der Waals surface area contributed by atoms with Crippen molar-refractivity contribution >= 4 is 35.0 Å². The second-order valence-corrected chi connectivity index (χ2v) is 7.13. The van der Waals surface area contributed by atoms with Crippen LogP contribution in [0.4, 0.5) is 5.69 Å². The second kappa shape index (κ2) is 5.45. The van der Waals surface area contributed by atoms with E-state index < -0.39 is 0 Å². The lowest BCUT2D eigenvalue weighted by molar-refractivity contribution is -0.143. The van der Waals surface area contributed by atoms with Crippen molar-refractivity contribution in [2.75, 3.05) is 11.9 Å². The van der Waals surface area contributed by atoms with E-state index in [0.29, 0.717) is 10.7 Å². The molecular weight excluding hydrogens is 328 g/mol. The first-order valence-electron chi connectivity index (χ1n) is 8.06. The molecule has 1 saturated heterocycles. The summed E-state index contributed by atoms with van der Waals surface area (Å²) < 4.78 is 0. The predicted octanol–water partition coefficient (Wildman–Crippen LogP) is 2.39. The van der Waals surface area contributed by atoms with E-state index in [0.717, 1.165) is 16.9 Å². The van der Waals surface area contributed by atoms with E-state index in [9.17, 15) is 14.4 Å². The summed E-state index contributed by atoms with van der Waals surface area (Å²) in [5.74, 6) is -1.04. The number of fused-ring (bicyclic) bond motifs is 5. The molecule has 1 aliphatic heterocycles. The van der Waals surface area contributed by atoms with Crippen LogP contribution in [-0.2, 0) is 14.4 Å². The highest BCUT2D eigenvalue weighted by Gasteiger charge is 2.59. The summed E-state index contributed by atoms with van der Waals surface area (Å²) in [7, 11) is 0. The molecule has 0 spiro atoms. The highest BCUT2D eigenvalue weighted by atomic mass is 35.5. The first-order valence-corrected chi connectivity index (χ1v) is 8.43. The van der Waals surface area contributed by atoms with Gasteiger partial charge in [-0.2, -0.15) is 0 Å². The van der Waals surface area contributed by atoms with Crippen LogP contribution in [0, 0.1) is 30.6 Å². The number of benzene rings is 1. The van der Waals surface area contributed by atoms with Crippen molar-refractivity contribution in [1.82, 2.24) is 4.90 Å². The van der Waals surface area contributed by atoms with Gasteiger partial charge in [-0.3, -0.25) is 19.3 Å². The Kier molecular flexibility index (Phi) is 3.49. The number of halogens is 1. The molecule has 5 nitrogen and oxygen atoms in total. The van der Waals surface area contributed by atoms with Gasteiger partial charge in [-0.15, -0.1) is 0 Å². The van der Waals surface area contributed by atoms with Crippen LogP contribution in [0.1, 0.15) is 12.0 Å². The van der Waals surface area contributed by atoms with Crippen LogP contribution in [0.3, 0.4) is 0 Å². The van der Waals surface area contributed by atoms with Crippen molar-refractivity contribution in [3.63, 3.8) is 0 Å². The van der Waals surface area contributed by atoms with E-state index >= 15 is 0 Å². The number of amides is 3. The molecule has 1 aromatic carbocycles. The average molecular weight is 345 g/mol. The van der Waals surface area contributed by atoms with E-state index in [1.54, 1.807) is 25.1 Å². The van der Waals surface area contributed by atoms with Crippen molar-refractivity contribution in [3.8, 4) is 0 Å². The number of nitrogens with one attached hydrogen (secondary N) is 1. The zero-order valence-electron chi connectivity index (χ0n) is 13.2. The zero-order chi connectivity index (χ0) is 17.0. The summed E-state index contributed by atoms with van der Waals surface area (Å²) in [5.41, 5.74) is 1.35. The molecule has 1 N–H and O–H groups in total. The summed E-state index contributed by atoms with van der Waals surface area (Å²) in [4.78, 5) is 38.6. The van der Waals surface area contributed by atoms with Gasteiger partial charge in [0.2, 0.25) is 17.7 Å². The summed E-state index contributed by atoms with van der Waals surface area (Å²) in [6.07, 6.45) is 4.96. The van der Waals surface area contributed by atoms with Crippen LogP contribution < -0.4 is 5.32 Å². The zero-order valence-corrected chi connectivity index (χ0v) is 13.9. The number of rotatable bonds is 3. The molecule has 3 amide bonds. The van der Waals surface area contributed by atoms with Gasteiger partial charge in [-0.25, -0.2) is 0 Å². The Bertz CT molecular complexity index is 758. The lowest BCUT2D eigenvalue weighted by Gasteiger charge is -2.17. The van der Waals surface area contributed by atoms with Crippen molar-refractivity contribution in [1.29, 1.82) is 0 Å². The van der Waals surface area contributed by atoms with Gasteiger partial charge in [0.1, 0.15) is 6.54 Å². The molecule has 4 atom stereocenters. The number of allylic oxidation sites excluding steroid dienone is 2. The van der Waals surface area contributed by atoms with Crippen LogP contribution >= 0.6 is 11.6 Å².